The van der Waals surface area contributed by atoms with Crippen molar-refractivity contribution < 1.29 is 44.2 Å². The largest absolute Gasteiger partial charge is 0.481 e. The predicted molar refractivity (Wildman–Crippen MR) is 97.9 cm³/mol. The monoisotopic (exact) mass is 417 g/mol. The van der Waals surface area contributed by atoms with Crippen molar-refractivity contribution >= 4 is 12.1 Å². The second kappa shape index (κ2) is 9.57. The minimum atomic E-state index is -1.41. The van der Waals surface area contributed by atoms with Crippen LogP contribution in [0.15, 0.2) is 0 Å². The molecule has 29 heavy (non-hydrogen) atoms. The molecule has 0 bridgehead atoms. The topological polar surface area (TPSA) is 146 Å². The first-order valence-electron chi connectivity index (χ1n) is 10.3. The predicted octanol–water partition coefficient (Wildman–Crippen LogP) is 0.0749. The number of aliphatic carboxylic acids is 1. The van der Waals surface area contributed by atoms with Crippen molar-refractivity contribution in [2.45, 2.75) is 88.4 Å². The van der Waals surface area contributed by atoms with Crippen molar-refractivity contribution in [2.24, 2.45) is 5.92 Å². The number of amides is 1. The van der Waals surface area contributed by atoms with Gasteiger partial charge >= 0.3 is 12.1 Å². The summed E-state index contributed by atoms with van der Waals surface area (Å²) in [6.45, 7) is 2.25. The van der Waals surface area contributed by atoms with Crippen LogP contribution in [0.3, 0.4) is 0 Å². The second-order valence-electron chi connectivity index (χ2n) is 8.16. The molecular weight excluding hydrogens is 386 g/mol. The number of hydrogen-bond acceptors (Lipinski definition) is 8. The average molecular weight is 417 g/mol. The van der Waals surface area contributed by atoms with Gasteiger partial charge < -0.3 is 39.5 Å². The molecule has 1 unspecified atom stereocenters. The van der Waals surface area contributed by atoms with Crippen LogP contribution in [0.4, 0.5) is 4.79 Å². The molecule has 10 nitrogen and oxygen atoms in total. The number of rotatable bonds is 4. The molecular formula is C19H31NO9. The second-order valence-corrected chi connectivity index (χ2v) is 8.16. The van der Waals surface area contributed by atoms with Crippen LogP contribution in [0.2, 0.25) is 0 Å². The third-order valence-corrected chi connectivity index (χ3v) is 6.11. The Hall–Kier alpha value is -1.46. The minimum absolute atomic E-state index is 0.333. The number of aliphatic hydroxyl groups excluding tert-OH is 3. The van der Waals surface area contributed by atoms with Gasteiger partial charge in [0.25, 0.3) is 0 Å². The number of carboxylic acid groups (broad SMARTS) is 1. The molecule has 3 fully saturated rings. The summed E-state index contributed by atoms with van der Waals surface area (Å²) in [5.74, 6) is -1.27. The van der Waals surface area contributed by atoms with Crippen LogP contribution in [0.5, 0.6) is 0 Å². The van der Waals surface area contributed by atoms with Gasteiger partial charge in [0.15, 0.2) is 6.29 Å². The molecule has 2 aliphatic heterocycles. The molecule has 1 saturated carbocycles. The SMILES string of the molecule is C[C@@H]1O[C@@H](O[C@@H]2CCCCC2OC(=O)N2CCC(C(=O)O)CC2)[C@@H](O)[C@H](O)[C@@H]1O. The van der Waals surface area contributed by atoms with E-state index >= 15 is 0 Å². The van der Waals surface area contributed by atoms with Crippen LogP contribution < -0.4 is 0 Å². The fourth-order valence-corrected chi connectivity index (χ4v) is 4.16. The lowest BCUT2D eigenvalue weighted by atomic mass is 9.94. The van der Waals surface area contributed by atoms with E-state index in [2.05, 4.69) is 0 Å². The van der Waals surface area contributed by atoms with Gasteiger partial charge in [0.05, 0.1) is 18.1 Å². The first-order chi connectivity index (χ1) is 13.8. The van der Waals surface area contributed by atoms with Crippen LogP contribution >= 0.6 is 0 Å². The Morgan fingerprint density at radius 3 is 2.17 bits per heavy atom. The number of carbonyl (C=O) groups excluding carboxylic acids is 1. The van der Waals surface area contributed by atoms with Crippen molar-refractivity contribution in [3.8, 4) is 0 Å². The number of aliphatic hydroxyl groups is 3. The van der Waals surface area contributed by atoms with Crippen molar-refractivity contribution in [2.75, 3.05) is 13.1 Å². The maximum atomic E-state index is 12.5. The van der Waals surface area contributed by atoms with E-state index in [9.17, 15) is 24.9 Å². The summed E-state index contributed by atoms with van der Waals surface area (Å²) in [5.41, 5.74) is 0. The number of likely N-dealkylation sites (tertiary alicyclic amines) is 1. The quantitative estimate of drug-likeness (QED) is 0.499. The summed E-state index contributed by atoms with van der Waals surface area (Å²) >= 11 is 0. The maximum Gasteiger partial charge on any atom is 0.410 e. The number of carboxylic acids is 1. The normalized spacial score (nSPS) is 39.2. The molecule has 0 aromatic heterocycles. The van der Waals surface area contributed by atoms with Gasteiger partial charge in [0, 0.05) is 13.1 Å². The molecule has 0 spiro atoms. The molecule has 1 amide bonds. The maximum absolute atomic E-state index is 12.5. The van der Waals surface area contributed by atoms with Crippen molar-refractivity contribution in [3.05, 3.63) is 0 Å². The molecule has 1 aliphatic carbocycles. The summed E-state index contributed by atoms with van der Waals surface area (Å²) < 4.78 is 17.0. The lowest BCUT2D eigenvalue weighted by Gasteiger charge is -2.42. The van der Waals surface area contributed by atoms with Gasteiger partial charge in [-0.25, -0.2) is 4.79 Å². The Balaban J connectivity index is 1.56. The third-order valence-electron chi connectivity index (χ3n) is 6.11. The molecule has 0 aromatic rings. The van der Waals surface area contributed by atoms with Crippen LogP contribution in [0.1, 0.15) is 45.4 Å². The van der Waals surface area contributed by atoms with Gasteiger partial charge in [-0.15, -0.1) is 0 Å². The number of hydrogen-bond donors (Lipinski definition) is 4. The molecule has 2 heterocycles. The highest BCUT2D eigenvalue weighted by atomic mass is 16.7. The van der Waals surface area contributed by atoms with Crippen molar-refractivity contribution in [1.82, 2.24) is 4.90 Å². The Morgan fingerprint density at radius 2 is 1.55 bits per heavy atom. The number of piperidine rings is 1. The first-order valence-corrected chi connectivity index (χ1v) is 10.3. The van der Waals surface area contributed by atoms with E-state index in [0.29, 0.717) is 38.8 Å². The van der Waals surface area contributed by atoms with E-state index in [1.54, 1.807) is 6.92 Å². The minimum Gasteiger partial charge on any atom is -0.481 e. The summed E-state index contributed by atoms with van der Waals surface area (Å²) in [4.78, 5) is 25.1. The first kappa shape index (κ1) is 22.2. The van der Waals surface area contributed by atoms with Gasteiger partial charge in [-0.1, -0.05) is 6.42 Å². The van der Waals surface area contributed by atoms with Crippen molar-refractivity contribution in [1.29, 1.82) is 0 Å². The van der Waals surface area contributed by atoms with E-state index in [4.69, 9.17) is 19.3 Å². The Kier molecular flexibility index (Phi) is 7.33. The highest BCUT2D eigenvalue weighted by Gasteiger charge is 2.44. The lowest BCUT2D eigenvalue weighted by molar-refractivity contribution is -0.312. The zero-order valence-electron chi connectivity index (χ0n) is 16.6. The smallest absolute Gasteiger partial charge is 0.410 e. The molecule has 7 atom stereocenters. The highest BCUT2D eigenvalue weighted by Crippen LogP contribution is 2.30. The fraction of sp³-hybridized carbons (Fsp3) is 0.895. The standard InChI is InChI=1S/C19H31NO9/c1-10-14(21)15(22)16(23)18(27-10)28-12-4-2-3-5-13(12)29-19(26)20-8-6-11(7-9-20)17(24)25/h10-16,18,21-23H,2-9H2,1H3,(H,24,25)/t10-,12+,13?,14+,15+,16-,18-/m0/s1. The Labute approximate surface area is 169 Å². The summed E-state index contributed by atoms with van der Waals surface area (Å²) in [6, 6.07) is 0. The van der Waals surface area contributed by atoms with Gasteiger partial charge in [-0.2, -0.15) is 0 Å². The average Bonchev–Trinajstić information content (AvgIpc) is 2.71. The van der Waals surface area contributed by atoms with Gasteiger partial charge in [0.1, 0.15) is 24.4 Å². The molecule has 3 aliphatic rings. The van der Waals surface area contributed by atoms with Crippen LogP contribution in [0.25, 0.3) is 0 Å². The van der Waals surface area contributed by atoms with E-state index in [1.807, 2.05) is 0 Å². The molecule has 2 saturated heterocycles. The van der Waals surface area contributed by atoms with E-state index in [0.717, 1.165) is 12.8 Å². The van der Waals surface area contributed by atoms with Crippen LogP contribution in [0, 0.1) is 5.92 Å². The van der Waals surface area contributed by atoms with Crippen molar-refractivity contribution in [3.63, 3.8) is 0 Å². The van der Waals surface area contributed by atoms with Crippen LogP contribution in [-0.4, -0.2) is 93.4 Å². The van der Waals surface area contributed by atoms with Gasteiger partial charge in [-0.05, 0) is 39.0 Å². The highest BCUT2D eigenvalue weighted by molar-refractivity contribution is 5.71. The summed E-state index contributed by atoms with van der Waals surface area (Å²) in [6.07, 6.45) is -3.62. The molecule has 0 aromatic carbocycles. The number of ether oxygens (including phenoxy) is 3. The zero-order chi connectivity index (χ0) is 21.1. The van der Waals surface area contributed by atoms with Gasteiger partial charge in [-0.3, -0.25) is 4.79 Å². The Morgan fingerprint density at radius 1 is 0.931 bits per heavy atom. The Bertz CT molecular complexity index is 580. The van der Waals surface area contributed by atoms with E-state index in [1.165, 1.54) is 4.90 Å². The molecule has 166 valence electrons. The van der Waals surface area contributed by atoms with E-state index in [-0.39, 0.29) is 0 Å². The molecule has 10 heteroatoms. The number of nitrogens with zero attached hydrogens (tertiary/aromatic N) is 1. The summed E-state index contributed by atoms with van der Waals surface area (Å²) in [5, 5.41) is 39.0. The third kappa shape index (κ3) is 5.18. The van der Waals surface area contributed by atoms with Crippen LogP contribution in [-0.2, 0) is 19.0 Å². The van der Waals surface area contributed by atoms with Gasteiger partial charge in [0.2, 0.25) is 0 Å². The fourth-order valence-electron chi connectivity index (χ4n) is 4.16. The molecule has 3 rings (SSSR count). The number of carbonyl (C=O) groups is 2. The lowest BCUT2D eigenvalue weighted by Crippen LogP contribution is -2.58. The molecule has 0 radical (unpaired) electrons. The van der Waals surface area contributed by atoms with E-state index < -0.39 is 60.9 Å². The summed E-state index contributed by atoms with van der Waals surface area (Å²) in [7, 11) is 0. The zero-order valence-corrected chi connectivity index (χ0v) is 16.6. The molecule has 4 N–H and O–H groups in total.